The molecule has 3 fully saturated rings. The van der Waals surface area contributed by atoms with Gasteiger partial charge in [0.05, 0.1) is 0 Å². The molecule has 3 aliphatic rings. The quantitative estimate of drug-likeness (QED) is 0.423. The van der Waals surface area contributed by atoms with Gasteiger partial charge in [-0.25, -0.2) is 0 Å². The maximum Gasteiger partial charge on any atom is -0.0241 e. The first kappa shape index (κ1) is 29.2. The summed E-state index contributed by atoms with van der Waals surface area (Å²) in [5, 5.41) is 0. The number of hydrogen-bond acceptors (Lipinski definition) is 0. The van der Waals surface area contributed by atoms with Crippen LogP contribution in [0.1, 0.15) is 134 Å². The van der Waals surface area contributed by atoms with Gasteiger partial charge in [-0.1, -0.05) is 122 Å². The Labute approximate surface area is 175 Å². The zero-order valence-electron chi connectivity index (χ0n) is 21.6. The normalized spacial score (nSPS) is 39.6. The molecule has 3 rings (SSSR count). The minimum Gasteiger partial charge on any atom is -0.0683 e. The van der Waals surface area contributed by atoms with Gasteiger partial charge >= 0.3 is 0 Å². The molecule has 0 aliphatic heterocycles. The second kappa shape index (κ2) is 15.9. The summed E-state index contributed by atoms with van der Waals surface area (Å²) in [4.78, 5) is 0. The van der Waals surface area contributed by atoms with Crippen LogP contribution in [0.15, 0.2) is 0 Å². The highest BCUT2D eigenvalue weighted by Crippen LogP contribution is 2.61. The maximum atomic E-state index is 2.68. The molecule has 3 aliphatic carbocycles. The van der Waals surface area contributed by atoms with Crippen molar-refractivity contribution in [1.82, 2.24) is 0 Å². The number of hydrogen-bond donors (Lipinski definition) is 0. The van der Waals surface area contributed by atoms with Crippen molar-refractivity contribution in [2.45, 2.75) is 134 Å². The highest BCUT2D eigenvalue weighted by molar-refractivity contribution is 5.02. The first-order valence-electron chi connectivity index (χ1n) is 13.0. The molecule has 27 heavy (non-hydrogen) atoms. The monoisotopic (exact) mass is 382 g/mol. The molecule has 0 bridgehead atoms. The fourth-order valence-corrected chi connectivity index (χ4v) is 6.54. The summed E-state index contributed by atoms with van der Waals surface area (Å²) in [7, 11) is 0. The first-order chi connectivity index (χ1) is 13.0. The molecule has 0 aromatic carbocycles. The molecule has 0 amide bonds. The third-order valence-corrected chi connectivity index (χ3v) is 7.90. The summed E-state index contributed by atoms with van der Waals surface area (Å²) in [5.74, 6) is 6.08. The van der Waals surface area contributed by atoms with E-state index >= 15 is 0 Å². The molecule has 0 aromatic heterocycles. The number of fused-ring (bicyclic) bond motifs is 1. The average Bonchev–Trinajstić information content (AvgIpc) is 3.20. The highest BCUT2D eigenvalue weighted by atomic mass is 14.6. The van der Waals surface area contributed by atoms with Crippen LogP contribution in [0, 0.1) is 40.9 Å². The van der Waals surface area contributed by atoms with Crippen LogP contribution in [0.2, 0.25) is 0 Å². The molecule has 166 valence electrons. The second-order valence-electron chi connectivity index (χ2n) is 8.53. The largest absolute Gasteiger partial charge is 0.0683 e. The van der Waals surface area contributed by atoms with E-state index < -0.39 is 0 Å². The number of rotatable bonds is 1. The van der Waals surface area contributed by atoms with E-state index in [2.05, 4.69) is 27.7 Å². The van der Waals surface area contributed by atoms with E-state index in [4.69, 9.17) is 0 Å². The lowest BCUT2D eigenvalue weighted by atomic mass is 9.48. The van der Waals surface area contributed by atoms with Gasteiger partial charge in [0.1, 0.15) is 0 Å². The van der Waals surface area contributed by atoms with Crippen LogP contribution in [0.5, 0.6) is 0 Å². The molecule has 0 heterocycles. The maximum absolute atomic E-state index is 2.68. The van der Waals surface area contributed by atoms with Crippen molar-refractivity contribution in [2.75, 3.05) is 0 Å². The molecule has 0 saturated heterocycles. The Kier molecular flexibility index (Phi) is 17.2. The molecule has 3 saturated carbocycles. The van der Waals surface area contributed by atoms with E-state index in [9.17, 15) is 0 Å². The summed E-state index contributed by atoms with van der Waals surface area (Å²) < 4.78 is 0. The molecule has 0 nitrogen and oxygen atoms in total. The van der Waals surface area contributed by atoms with Gasteiger partial charge in [0.2, 0.25) is 0 Å². The average molecular weight is 383 g/mol. The Bertz CT molecular complexity index is 308. The van der Waals surface area contributed by atoms with Crippen molar-refractivity contribution in [1.29, 1.82) is 0 Å². The van der Waals surface area contributed by atoms with Crippen molar-refractivity contribution < 1.29 is 0 Å². The fraction of sp³-hybridized carbons (Fsp3) is 1.00. The summed E-state index contributed by atoms with van der Waals surface area (Å²) in [6.45, 7) is 26.4. The lowest BCUT2D eigenvalue weighted by Crippen LogP contribution is -2.50. The summed E-state index contributed by atoms with van der Waals surface area (Å²) >= 11 is 0. The molecule has 0 spiro atoms. The van der Waals surface area contributed by atoms with Gasteiger partial charge in [-0.15, -0.1) is 0 Å². The van der Waals surface area contributed by atoms with E-state index in [1.165, 1.54) is 32.1 Å². The zero-order chi connectivity index (χ0) is 21.6. The third-order valence-electron chi connectivity index (χ3n) is 7.90. The molecule has 0 heteroatoms. The minimum absolute atomic E-state index is 0.630. The Morgan fingerprint density at radius 2 is 1.00 bits per heavy atom. The van der Waals surface area contributed by atoms with E-state index in [1.54, 1.807) is 19.3 Å². The van der Waals surface area contributed by atoms with Crippen LogP contribution < -0.4 is 0 Å². The molecule has 6 atom stereocenters. The second-order valence-corrected chi connectivity index (χ2v) is 8.53. The Morgan fingerprint density at radius 1 is 0.556 bits per heavy atom. The van der Waals surface area contributed by atoms with Crippen LogP contribution in [0.25, 0.3) is 0 Å². The van der Waals surface area contributed by atoms with Crippen molar-refractivity contribution in [2.24, 2.45) is 40.9 Å². The molecule has 0 aromatic rings. The highest BCUT2D eigenvalue weighted by Gasteiger charge is 2.53. The van der Waals surface area contributed by atoms with Gasteiger partial charge in [-0.2, -0.15) is 0 Å². The van der Waals surface area contributed by atoms with Crippen LogP contribution in [-0.2, 0) is 0 Å². The minimum atomic E-state index is 0.630. The Balaban J connectivity index is 0. The molecular weight excluding hydrogens is 324 g/mol. The molecule has 0 N–H and O–H groups in total. The summed E-state index contributed by atoms with van der Waals surface area (Å²) in [5.41, 5.74) is 0.630. The molecule has 6 unspecified atom stereocenters. The van der Waals surface area contributed by atoms with Gasteiger partial charge in [0.25, 0.3) is 0 Å². The SMILES string of the molecule is CC.CC.CC.CC.CC1CCC2CCCC2C1C1(C)C(C)CCCC1C. The van der Waals surface area contributed by atoms with E-state index in [0.717, 1.165) is 35.5 Å². The van der Waals surface area contributed by atoms with Gasteiger partial charge in [-0.3, -0.25) is 0 Å². The topological polar surface area (TPSA) is 0 Å². The van der Waals surface area contributed by atoms with Crippen molar-refractivity contribution >= 4 is 0 Å². The Hall–Kier alpha value is 0. The summed E-state index contributed by atoms with van der Waals surface area (Å²) in [6.07, 6.45) is 12.1. The van der Waals surface area contributed by atoms with Crippen LogP contribution in [-0.4, -0.2) is 0 Å². The lowest BCUT2D eigenvalue weighted by Gasteiger charge is -2.57. The fourth-order valence-electron chi connectivity index (χ4n) is 6.54. The summed E-state index contributed by atoms with van der Waals surface area (Å²) in [6, 6.07) is 0. The first-order valence-corrected chi connectivity index (χ1v) is 13.0. The van der Waals surface area contributed by atoms with E-state index in [-0.39, 0.29) is 0 Å². The molecule has 0 radical (unpaired) electrons. The van der Waals surface area contributed by atoms with Gasteiger partial charge in [-0.05, 0) is 53.8 Å². The molecular formula is C27H58. The smallest absolute Gasteiger partial charge is 0.0241 e. The standard InChI is InChI=1S/C19H34.4C2H6/c1-13-11-12-16-9-6-10-17(16)18(13)19(4)14(2)7-5-8-15(19)3;4*1-2/h13-18H,5-12H2,1-4H3;4*1-2H3. The predicted molar refractivity (Wildman–Crippen MR) is 128 cm³/mol. The van der Waals surface area contributed by atoms with Gasteiger partial charge < -0.3 is 0 Å². The Morgan fingerprint density at radius 3 is 1.48 bits per heavy atom. The van der Waals surface area contributed by atoms with E-state index in [0.29, 0.717) is 5.41 Å². The van der Waals surface area contributed by atoms with Crippen LogP contribution in [0.4, 0.5) is 0 Å². The third kappa shape index (κ3) is 6.78. The van der Waals surface area contributed by atoms with Crippen molar-refractivity contribution in [3.8, 4) is 0 Å². The zero-order valence-corrected chi connectivity index (χ0v) is 21.6. The van der Waals surface area contributed by atoms with Crippen LogP contribution in [0.3, 0.4) is 0 Å². The van der Waals surface area contributed by atoms with Crippen molar-refractivity contribution in [3.05, 3.63) is 0 Å². The van der Waals surface area contributed by atoms with Gasteiger partial charge in [0, 0.05) is 0 Å². The lowest BCUT2D eigenvalue weighted by molar-refractivity contribution is -0.0804. The van der Waals surface area contributed by atoms with E-state index in [1.807, 2.05) is 55.4 Å². The van der Waals surface area contributed by atoms with Gasteiger partial charge in [0.15, 0.2) is 0 Å². The van der Waals surface area contributed by atoms with Crippen LogP contribution >= 0.6 is 0 Å². The van der Waals surface area contributed by atoms with Crippen molar-refractivity contribution in [3.63, 3.8) is 0 Å². The predicted octanol–water partition coefficient (Wildman–Crippen LogP) is 10.0.